The van der Waals surface area contributed by atoms with Gasteiger partial charge in [-0.05, 0) is 12.8 Å². The fraction of sp³-hybridized carbons (Fsp3) is 1.00. The Morgan fingerprint density at radius 2 is 1.50 bits per heavy atom. The van der Waals surface area contributed by atoms with Crippen LogP contribution in [0.3, 0.4) is 0 Å². The summed E-state index contributed by atoms with van der Waals surface area (Å²) >= 11 is 3.52. The summed E-state index contributed by atoms with van der Waals surface area (Å²) in [6.07, 6.45) is 1.78. The van der Waals surface area contributed by atoms with E-state index >= 15 is 0 Å². The van der Waals surface area contributed by atoms with E-state index in [2.05, 4.69) is 15.9 Å². The summed E-state index contributed by atoms with van der Waals surface area (Å²) in [7, 11) is -3.24. The van der Waals surface area contributed by atoms with Gasteiger partial charge < -0.3 is 4.74 Å². The molecule has 0 unspecified atom stereocenters. The van der Waals surface area contributed by atoms with E-state index in [9.17, 15) is 8.42 Å². The molecule has 0 aromatic carbocycles. The molecule has 2 fully saturated rings. The van der Waals surface area contributed by atoms with Crippen LogP contribution >= 0.6 is 15.9 Å². The van der Waals surface area contributed by atoms with Crippen molar-refractivity contribution in [2.45, 2.75) is 17.7 Å². The van der Waals surface area contributed by atoms with E-state index in [0.717, 1.165) is 12.8 Å². The van der Waals surface area contributed by atoms with Crippen molar-refractivity contribution < 1.29 is 13.2 Å². The quantitative estimate of drug-likeness (QED) is 0.695. The minimum absolute atomic E-state index is 0.462. The summed E-state index contributed by atoms with van der Waals surface area (Å²) in [6.45, 7) is 3.22. The highest BCUT2D eigenvalue weighted by Crippen LogP contribution is 2.21. The van der Waals surface area contributed by atoms with Crippen LogP contribution in [0, 0.1) is 0 Å². The molecule has 2 saturated heterocycles. The van der Waals surface area contributed by atoms with Crippen LogP contribution in [0.2, 0.25) is 0 Å². The summed E-state index contributed by atoms with van der Waals surface area (Å²) in [4.78, 5) is 0.462. The molecule has 0 radical (unpaired) electrons. The van der Waals surface area contributed by atoms with Crippen molar-refractivity contribution in [3.8, 4) is 0 Å². The Morgan fingerprint density at radius 1 is 1.00 bits per heavy atom. The minimum Gasteiger partial charge on any atom is -0.379 e. The molecular formula is C9H17BrN2O3S. The molecule has 5 nitrogen and oxygen atoms in total. The number of halogens is 1. The predicted octanol–water partition coefficient (Wildman–Crippen LogP) is 0.423. The van der Waals surface area contributed by atoms with Gasteiger partial charge in [0.2, 0.25) is 0 Å². The Labute approximate surface area is 105 Å². The van der Waals surface area contributed by atoms with Crippen LogP contribution in [0.5, 0.6) is 0 Å². The Bertz CT molecular complexity index is 322. The zero-order valence-electron chi connectivity index (χ0n) is 9.14. The summed E-state index contributed by atoms with van der Waals surface area (Å²) < 4.78 is 32.7. The second kappa shape index (κ2) is 5.30. The van der Waals surface area contributed by atoms with Crippen molar-refractivity contribution in [2.75, 3.05) is 39.4 Å². The fourth-order valence-electron chi connectivity index (χ4n) is 2.00. The van der Waals surface area contributed by atoms with Crippen molar-refractivity contribution in [2.24, 2.45) is 0 Å². The highest BCUT2D eigenvalue weighted by molar-refractivity contribution is 9.09. The molecule has 0 atom stereocenters. The summed E-state index contributed by atoms with van der Waals surface area (Å²) in [5.41, 5.74) is 0. The molecule has 2 rings (SSSR count). The van der Waals surface area contributed by atoms with Crippen molar-refractivity contribution in [3.05, 3.63) is 0 Å². The van der Waals surface area contributed by atoms with E-state index in [-0.39, 0.29) is 0 Å². The monoisotopic (exact) mass is 312 g/mol. The van der Waals surface area contributed by atoms with Crippen molar-refractivity contribution in [1.29, 1.82) is 0 Å². The van der Waals surface area contributed by atoms with E-state index in [4.69, 9.17) is 4.74 Å². The van der Waals surface area contributed by atoms with Crippen LogP contribution in [0.4, 0.5) is 0 Å². The van der Waals surface area contributed by atoms with Gasteiger partial charge in [0.05, 0.1) is 13.2 Å². The number of hydrogen-bond acceptors (Lipinski definition) is 3. The molecule has 0 aromatic rings. The number of nitrogens with zero attached hydrogens (tertiary/aromatic N) is 2. The first-order valence-electron chi connectivity index (χ1n) is 5.58. The molecule has 0 aliphatic carbocycles. The summed E-state index contributed by atoms with van der Waals surface area (Å²) in [6, 6.07) is 0. The molecule has 2 aliphatic rings. The van der Waals surface area contributed by atoms with Crippen LogP contribution in [-0.4, -0.2) is 61.2 Å². The number of alkyl halides is 1. The second-order valence-electron chi connectivity index (χ2n) is 4.09. The SMILES string of the molecule is O=S(=O)(N1CCOCC1)N1CCC(Br)CC1. The molecule has 0 bridgehead atoms. The lowest BCUT2D eigenvalue weighted by Gasteiger charge is -2.34. The fourth-order valence-corrected chi connectivity index (χ4v) is 4.01. The van der Waals surface area contributed by atoms with Gasteiger partial charge in [-0.2, -0.15) is 17.0 Å². The molecule has 2 aliphatic heterocycles. The summed E-state index contributed by atoms with van der Waals surface area (Å²) in [5.74, 6) is 0. The van der Waals surface area contributed by atoms with Crippen molar-refractivity contribution in [1.82, 2.24) is 8.61 Å². The first kappa shape index (κ1) is 12.8. The van der Waals surface area contributed by atoms with E-state index in [1.165, 1.54) is 4.31 Å². The van der Waals surface area contributed by atoms with Gasteiger partial charge in [-0.3, -0.25) is 0 Å². The average molecular weight is 313 g/mol. The lowest BCUT2D eigenvalue weighted by Crippen LogP contribution is -2.50. The van der Waals surface area contributed by atoms with E-state index < -0.39 is 10.2 Å². The second-order valence-corrected chi connectivity index (χ2v) is 7.32. The molecule has 0 aromatic heterocycles. The van der Waals surface area contributed by atoms with Gasteiger partial charge in [-0.15, -0.1) is 0 Å². The number of piperidine rings is 1. The molecule has 0 amide bonds. The van der Waals surface area contributed by atoms with Gasteiger partial charge >= 0.3 is 0 Å². The molecule has 2 heterocycles. The maximum absolute atomic E-state index is 12.2. The normalized spacial score (nSPS) is 27.1. The maximum atomic E-state index is 12.2. The Balaban J connectivity index is 2.00. The highest BCUT2D eigenvalue weighted by atomic mass is 79.9. The first-order chi connectivity index (χ1) is 7.60. The third-order valence-electron chi connectivity index (χ3n) is 3.01. The molecule has 0 spiro atoms. The van der Waals surface area contributed by atoms with E-state index in [1.54, 1.807) is 4.31 Å². The molecule has 16 heavy (non-hydrogen) atoms. The Kier molecular flexibility index (Phi) is 4.23. The Hall–Kier alpha value is 0.310. The van der Waals surface area contributed by atoms with E-state index in [0.29, 0.717) is 44.2 Å². The van der Waals surface area contributed by atoms with Gasteiger partial charge in [0.1, 0.15) is 0 Å². The molecule has 0 N–H and O–H groups in total. The first-order valence-corrected chi connectivity index (χ1v) is 7.89. The van der Waals surface area contributed by atoms with Crippen LogP contribution in [0.15, 0.2) is 0 Å². The van der Waals surface area contributed by atoms with Crippen LogP contribution < -0.4 is 0 Å². The van der Waals surface area contributed by atoms with Crippen LogP contribution in [-0.2, 0) is 14.9 Å². The number of hydrogen-bond donors (Lipinski definition) is 0. The smallest absolute Gasteiger partial charge is 0.282 e. The maximum Gasteiger partial charge on any atom is 0.282 e. The zero-order chi connectivity index (χ0) is 11.6. The predicted molar refractivity (Wildman–Crippen MR) is 64.8 cm³/mol. The number of ether oxygens (including phenoxy) is 1. The number of rotatable bonds is 2. The molecule has 0 saturated carbocycles. The van der Waals surface area contributed by atoms with Gasteiger partial charge in [-0.25, -0.2) is 0 Å². The summed E-state index contributed by atoms with van der Waals surface area (Å²) in [5, 5.41) is 0. The van der Waals surface area contributed by atoms with Crippen molar-refractivity contribution >= 4 is 26.1 Å². The van der Waals surface area contributed by atoms with E-state index in [1.807, 2.05) is 0 Å². The third-order valence-corrected chi connectivity index (χ3v) is 5.96. The molecule has 7 heteroatoms. The molecule has 94 valence electrons. The highest BCUT2D eigenvalue weighted by Gasteiger charge is 2.33. The van der Waals surface area contributed by atoms with Crippen LogP contribution in [0.25, 0.3) is 0 Å². The Morgan fingerprint density at radius 3 is 2.06 bits per heavy atom. The van der Waals surface area contributed by atoms with Crippen LogP contribution in [0.1, 0.15) is 12.8 Å². The van der Waals surface area contributed by atoms with Gasteiger partial charge in [-0.1, -0.05) is 15.9 Å². The van der Waals surface area contributed by atoms with Gasteiger partial charge in [0, 0.05) is 31.0 Å². The lowest BCUT2D eigenvalue weighted by atomic mass is 10.2. The standard InChI is InChI=1S/C9H17BrN2O3S/c10-9-1-3-11(4-2-9)16(13,14)12-5-7-15-8-6-12/h9H,1-8H2. The lowest BCUT2D eigenvalue weighted by molar-refractivity contribution is 0.0698. The number of morpholine rings is 1. The minimum atomic E-state index is -3.24. The third kappa shape index (κ3) is 2.76. The topological polar surface area (TPSA) is 49.9 Å². The van der Waals surface area contributed by atoms with Gasteiger partial charge in [0.15, 0.2) is 0 Å². The zero-order valence-corrected chi connectivity index (χ0v) is 11.5. The van der Waals surface area contributed by atoms with Gasteiger partial charge in [0.25, 0.3) is 10.2 Å². The molecular weight excluding hydrogens is 296 g/mol. The largest absolute Gasteiger partial charge is 0.379 e. The average Bonchev–Trinajstić information content (AvgIpc) is 2.31. The van der Waals surface area contributed by atoms with Crippen molar-refractivity contribution in [3.63, 3.8) is 0 Å².